The minimum atomic E-state index is -0.509. The van der Waals surface area contributed by atoms with Crippen LogP contribution in [0, 0.1) is 0 Å². The second-order valence-electron chi connectivity index (χ2n) is 6.76. The van der Waals surface area contributed by atoms with E-state index in [1.165, 1.54) is 0 Å². The lowest BCUT2D eigenvalue weighted by atomic mass is 10.1. The molecule has 2 N–H and O–H groups in total. The van der Waals surface area contributed by atoms with Crippen molar-refractivity contribution < 1.29 is 14.3 Å². The van der Waals surface area contributed by atoms with Crippen LogP contribution in [0.5, 0.6) is 5.75 Å². The molecule has 0 saturated carbocycles. The number of carbonyl (C=O) groups excluding carboxylic acids is 2. The molecule has 0 fully saturated rings. The Morgan fingerprint density at radius 3 is 2.34 bits per heavy atom. The molecule has 0 saturated heterocycles. The number of hydrogen-bond donors (Lipinski definition) is 2. The molecule has 0 aromatic heterocycles. The van der Waals surface area contributed by atoms with Gasteiger partial charge in [0.15, 0.2) is 0 Å². The lowest BCUT2D eigenvalue weighted by Gasteiger charge is -2.25. The van der Waals surface area contributed by atoms with Gasteiger partial charge < -0.3 is 15.4 Å². The molecular weight excluding hydrogens is 413 g/mol. The number of carbonyl (C=O) groups is 2. The molecule has 0 aliphatic heterocycles. The third-order valence-corrected chi connectivity index (χ3v) is 5.16. The van der Waals surface area contributed by atoms with Gasteiger partial charge in [0.2, 0.25) is 11.8 Å². The van der Waals surface area contributed by atoms with Crippen molar-refractivity contribution in [3.8, 4) is 5.75 Å². The summed E-state index contributed by atoms with van der Waals surface area (Å²) >= 11 is 12.1. The highest BCUT2D eigenvalue weighted by molar-refractivity contribution is 6.35. The number of benzene rings is 2. The summed E-state index contributed by atoms with van der Waals surface area (Å²) < 4.78 is 5.09. The van der Waals surface area contributed by atoms with Gasteiger partial charge >= 0.3 is 0 Å². The van der Waals surface area contributed by atoms with Crippen molar-refractivity contribution in [1.29, 1.82) is 0 Å². The van der Waals surface area contributed by atoms with Crippen molar-refractivity contribution in [2.24, 2.45) is 0 Å². The highest BCUT2D eigenvalue weighted by Crippen LogP contribution is 2.26. The molecule has 0 bridgehead atoms. The van der Waals surface area contributed by atoms with E-state index < -0.39 is 6.04 Å². The molecule has 0 aliphatic rings. The van der Waals surface area contributed by atoms with Gasteiger partial charge in [0.1, 0.15) is 5.75 Å². The van der Waals surface area contributed by atoms with E-state index in [0.717, 1.165) is 5.56 Å². The summed E-state index contributed by atoms with van der Waals surface area (Å²) in [4.78, 5) is 26.5. The summed E-state index contributed by atoms with van der Waals surface area (Å²) in [5, 5.41) is 6.74. The van der Waals surface area contributed by atoms with Gasteiger partial charge in [0.05, 0.1) is 25.7 Å². The predicted molar refractivity (Wildman–Crippen MR) is 117 cm³/mol. The van der Waals surface area contributed by atoms with Crippen LogP contribution >= 0.6 is 23.2 Å². The van der Waals surface area contributed by atoms with Crippen LogP contribution in [-0.4, -0.2) is 43.5 Å². The largest absolute Gasteiger partial charge is 0.497 e. The monoisotopic (exact) mass is 437 g/mol. The van der Waals surface area contributed by atoms with Gasteiger partial charge in [0.25, 0.3) is 0 Å². The number of halogens is 2. The number of hydrogen-bond acceptors (Lipinski definition) is 4. The fourth-order valence-corrected chi connectivity index (χ4v) is 3.28. The second-order valence-corrected chi connectivity index (χ2v) is 7.61. The Morgan fingerprint density at radius 1 is 1.10 bits per heavy atom. The first kappa shape index (κ1) is 23.0. The lowest BCUT2D eigenvalue weighted by molar-refractivity contribution is -0.127. The van der Waals surface area contributed by atoms with Gasteiger partial charge in [-0.25, -0.2) is 0 Å². The van der Waals surface area contributed by atoms with E-state index in [0.29, 0.717) is 21.5 Å². The van der Waals surface area contributed by atoms with Gasteiger partial charge in [-0.3, -0.25) is 14.5 Å². The minimum absolute atomic E-state index is 0.0662. The molecule has 156 valence electrons. The van der Waals surface area contributed by atoms with Gasteiger partial charge in [-0.2, -0.15) is 0 Å². The number of amides is 2. The number of ether oxygens (including phenoxy) is 1. The minimum Gasteiger partial charge on any atom is -0.497 e. The van der Waals surface area contributed by atoms with E-state index >= 15 is 0 Å². The number of likely N-dealkylation sites (N-methyl/N-ethyl adjacent to an activating group) is 1. The molecule has 8 heteroatoms. The van der Waals surface area contributed by atoms with E-state index in [2.05, 4.69) is 10.6 Å². The molecule has 0 aliphatic carbocycles. The van der Waals surface area contributed by atoms with Crippen LogP contribution < -0.4 is 15.4 Å². The first-order valence-electron chi connectivity index (χ1n) is 9.10. The third kappa shape index (κ3) is 6.63. The first-order chi connectivity index (χ1) is 13.7. The van der Waals surface area contributed by atoms with Crippen LogP contribution in [0.3, 0.4) is 0 Å². The molecule has 0 spiro atoms. The zero-order chi connectivity index (χ0) is 21.6. The Bertz CT molecular complexity index is 859. The van der Waals surface area contributed by atoms with Crippen molar-refractivity contribution in [3.05, 3.63) is 58.1 Å². The summed E-state index contributed by atoms with van der Waals surface area (Å²) in [6.45, 7) is 3.65. The maximum Gasteiger partial charge on any atom is 0.238 e. The van der Waals surface area contributed by atoms with E-state index in [-0.39, 0.29) is 24.4 Å². The molecule has 0 radical (unpaired) electrons. The fourth-order valence-electron chi connectivity index (χ4n) is 2.70. The highest BCUT2D eigenvalue weighted by atomic mass is 35.5. The van der Waals surface area contributed by atoms with Crippen LogP contribution in [0.2, 0.25) is 10.0 Å². The van der Waals surface area contributed by atoms with Crippen molar-refractivity contribution in [3.63, 3.8) is 0 Å². The Morgan fingerprint density at radius 2 is 1.76 bits per heavy atom. The Hall–Kier alpha value is -2.28. The zero-order valence-corrected chi connectivity index (χ0v) is 18.3. The fraction of sp³-hybridized carbons (Fsp3) is 0.333. The predicted octanol–water partition coefficient (Wildman–Crippen LogP) is 4.14. The molecule has 2 rings (SSSR count). The zero-order valence-electron chi connectivity index (χ0n) is 16.8. The number of methoxy groups -OCH3 is 1. The van der Waals surface area contributed by atoms with Crippen molar-refractivity contribution >= 4 is 40.7 Å². The van der Waals surface area contributed by atoms with Gasteiger partial charge in [-0.15, -0.1) is 0 Å². The Balaban J connectivity index is 1.89. The standard InChI is InChI=1S/C21H25Cl2N3O3/c1-13(18-10-5-15(22)11-19(18)23)24-21(28)14(2)26(3)12-20(27)25-16-6-8-17(29-4)9-7-16/h5-11,13-14H,12H2,1-4H3,(H,24,28)(H,25,27)/t13-,14+/m1/s1. The summed E-state index contributed by atoms with van der Waals surface area (Å²) in [6, 6.07) is 11.4. The van der Waals surface area contributed by atoms with Crippen LogP contribution in [0.1, 0.15) is 25.5 Å². The smallest absolute Gasteiger partial charge is 0.238 e. The Kier molecular flexibility index (Phi) is 8.32. The molecule has 2 atom stereocenters. The molecule has 2 aromatic rings. The van der Waals surface area contributed by atoms with E-state index in [1.807, 2.05) is 6.92 Å². The van der Waals surface area contributed by atoms with Crippen molar-refractivity contribution in [2.75, 3.05) is 26.0 Å². The molecular formula is C21H25Cl2N3O3. The normalized spacial score (nSPS) is 12.9. The molecule has 2 amide bonds. The third-order valence-electron chi connectivity index (χ3n) is 4.60. The maximum atomic E-state index is 12.6. The summed E-state index contributed by atoms with van der Waals surface area (Å²) in [7, 11) is 3.30. The lowest BCUT2D eigenvalue weighted by Crippen LogP contribution is -2.46. The van der Waals surface area contributed by atoms with Crippen LogP contribution in [-0.2, 0) is 9.59 Å². The molecule has 6 nitrogen and oxygen atoms in total. The van der Waals surface area contributed by atoms with E-state index in [1.54, 1.807) is 68.4 Å². The summed E-state index contributed by atoms with van der Waals surface area (Å²) in [5.74, 6) is 0.287. The Labute approximate surface area is 181 Å². The average Bonchev–Trinajstić information content (AvgIpc) is 2.67. The quantitative estimate of drug-likeness (QED) is 0.650. The number of nitrogens with zero attached hydrogens (tertiary/aromatic N) is 1. The van der Waals surface area contributed by atoms with Crippen molar-refractivity contribution in [1.82, 2.24) is 10.2 Å². The summed E-state index contributed by atoms with van der Waals surface area (Å²) in [6.07, 6.45) is 0. The van der Waals surface area contributed by atoms with Crippen LogP contribution in [0.25, 0.3) is 0 Å². The van der Waals surface area contributed by atoms with Crippen LogP contribution in [0.4, 0.5) is 5.69 Å². The number of rotatable bonds is 8. The second kappa shape index (κ2) is 10.5. The average molecular weight is 438 g/mol. The maximum absolute atomic E-state index is 12.6. The van der Waals surface area contributed by atoms with Gasteiger partial charge in [0, 0.05) is 15.7 Å². The number of anilines is 1. The SMILES string of the molecule is COc1ccc(NC(=O)CN(C)[C@@H](C)C(=O)N[C@H](C)c2ccc(Cl)cc2Cl)cc1. The van der Waals surface area contributed by atoms with Gasteiger partial charge in [-0.1, -0.05) is 29.3 Å². The van der Waals surface area contributed by atoms with E-state index in [4.69, 9.17) is 27.9 Å². The molecule has 2 aromatic carbocycles. The molecule has 0 heterocycles. The number of nitrogens with one attached hydrogen (secondary N) is 2. The van der Waals surface area contributed by atoms with E-state index in [9.17, 15) is 9.59 Å². The first-order valence-corrected chi connectivity index (χ1v) is 9.86. The topological polar surface area (TPSA) is 70.7 Å². The molecule has 0 unspecified atom stereocenters. The van der Waals surface area contributed by atoms with Crippen molar-refractivity contribution in [2.45, 2.75) is 25.9 Å². The summed E-state index contributed by atoms with van der Waals surface area (Å²) in [5.41, 5.74) is 1.43. The highest BCUT2D eigenvalue weighted by Gasteiger charge is 2.22. The van der Waals surface area contributed by atoms with Gasteiger partial charge in [-0.05, 0) is 62.9 Å². The molecule has 29 heavy (non-hydrogen) atoms. The van der Waals surface area contributed by atoms with Crippen LogP contribution in [0.15, 0.2) is 42.5 Å².